The summed E-state index contributed by atoms with van der Waals surface area (Å²) >= 11 is 0. The molecule has 168 valence electrons. The smallest absolute Gasteiger partial charge is 0.0851 e. The molecular formula is C30H44Si. The first kappa shape index (κ1) is 24.0. The van der Waals surface area contributed by atoms with Gasteiger partial charge in [0, 0.05) is 0 Å². The monoisotopic (exact) mass is 432 g/mol. The summed E-state index contributed by atoms with van der Waals surface area (Å²) in [6.07, 6.45) is 0. The van der Waals surface area contributed by atoms with Crippen molar-refractivity contribution in [3.8, 4) is 0 Å². The molecule has 0 bridgehead atoms. The summed E-state index contributed by atoms with van der Waals surface area (Å²) in [7, 11) is -2.02. The van der Waals surface area contributed by atoms with Gasteiger partial charge in [-0.2, -0.15) is 0 Å². The van der Waals surface area contributed by atoms with E-state index in [1.807, 2.05) is 0 Å². The Kier molecular flexibility index (Phi) is 5.59. The lowest BCUT2D eigenvalue weighted by Crippen LogP contribution is -2.55. The highest BCUT2D eigenvalue weighted by Crippen LogP contribution is 2.46. The minimum Gasteiger partial charge on any atom is -0.0851 e. The van der Waals surface area contributed by atoms with Crippen LogP contribution in [0.15, 0.2) is 35.2 Å². The second-order valence-electron chi connectivity index (χ2n) is 13.1. The molecule has 1 heteroatoms. The van der Waals surface area contributed by atoms with E-state index in [0.29, 0.717) is 0 Å². The van der Waals surface area contributed by atoms with Gasteiger partial charge in [0.25, 0.3) is 0 Å². The number of aryl methyl sites for hydroxylation is 4. The highest BCUT2D eigenvalue weighted by Gasteiger charge is 2.56. The van der Waals surface area contributed by atoms with Crippen LogP contribution in [-0.2, 0) is 10.8 Å². The Morgan fingerprint density at radius 1 is 0.484 bits per heavy atom. The molecule has 0 atom stereocenters. The molecule has 0 saturated carbocycles. The van der Waals surface area contributed by atoms with Crippen LogP contribution in [0.4, 0.5) is 0 Å². The van der Waals surface area contributed by atoms with Gasteiger partial charge < -0.3 is 0 Å². The average molecular weight is 433 g/mol. The fraction of sp³-hybridized carbons (Fsp3) is 0.533. The molecular weight excluding hydrogens is 388 g/mol. The molecule has 0 nitrogen and oxygen atoms in total. The number of benzene rings is 2. The van der Waals surface area contributed by atoms with Crippen LogP contribution in [0.25, 0.3) is 0 Å². The molecule has 1 aliphatic rings. The van der Waals surface area contributed by atoms with Crippen molar-refractivity contribution in [2.24, 2.45) is 5.41 Å². The van der Waals surface area contributed by atoms with Crippen LogP contribution in [0.5, 0.6) is 0 Å². The third kappa shape index (κ3) is 4.11. The van der Waals surface area contributed by atoms with Crippen LogP contribution in [0.2, 0.25) is 0 Å². The summed E-state index contributed by atoms with van der Waals surface area (Å²) in [6.45, 7) is 30.6. The maximum absolute atomic E-state index is 2.70. The van der Waals surface area contributed by atoms with Crippen molar-refractivity contribution in [3.63, 3.8) is 0 Å². The minimum absolute atomic E-state index is 0.173. The third-order valence-electron chi connectivity index (χ3n) is 7.10. The molecule has 3 rings (SSSR count). The predicted octanol–water partition coefficient (Wildman–Crippen LogP) is 7.14. The summed E-state index contributed by atoms with van der Waals surface area (Å²) in [4.78, 5) is 0. The summed E-state index contributed by atoms with van der Waals surface area (Å²) in [5.74, 6) is 0. The SMILES string of the molecule is Cc1cc(C(C)(C)C)cc(C)c1[Si]1(c2c(C)cc(C(C)(C)C)cc2C)C=C1C(C)(C)C. The van der Waals surface area contributed by atoms with E-state index in [0.717, 1.165) is 0 Å². The first-order valence-electron chi connectivity index (χ1n) is 11.9. The van der Waals surface area contributed by atoms with Gasteiger partial charge in [-0.05, 0) is 65.4 Å². The Bertz CT molecular complexity index is 944. The highest BCUT2D eigenvalue weighted by atomic mass is 28.3. The van der Waals surface area contributed by atoms with Crippen molar-refractivity contribution >= 4 is 18.4 Å². The number of hydrogen-bond donors (Lipinski definition) is 0. The van der Waals surface area contributed by atoms with Crippen molar-refractivity contribution in [3.05, 3.63) is 68.5 Å². The Hall–Kier alpha value is -1.60. The molecule has 2 aromatic carbocycles. The lowest BCUT2D eigenvalue weighted by molar-refractivity contribution is 0.536. The zero-order chi connectivity index (χ0) is 23.7. The lowest BCUT2D eigenvalue weighted by atomic mass is 9.85. The van der Waals surface area contributed by atoms with Gasteiger partial charge >= 0.3 is 0 Å². The average Bonchev–Trinajstić information content (AvgIpc) is 3.28. The normalized spacial score (nSPS) is 16.4. The summed E-state index contributed by atoms with van der Waals surface area (Å²) in [5.41, 5.74) is 12.1. The first-order chi connectivity index (χ1) is 13.9. The van der Waals surface area contributed by atoms with Crippen LogP contribution in [0, 0.1) is 33.1 Å². The van der Waals surface area contributed by atoms with E-state index in [1.54, 1.807) is 15.6 Å². The molecule has 0 fully saturated rings. The Morgan fingerprint density at radius 3 is 0.968 bits per heavy atom. The molecule has 0 amide bonds. The molecule has 1 heterocycles. The minimum atomic E-state index is -2.02. The van der Waals surface area contributed by atoms with Gasteiger partial charge in [-0.25, -0.2) is 0 Å². The first-order valence-corrected chi connectivity index (χ1v) is 14.0. The van der Waals surface area contributed by atoms with Crippen LogP contribution in [0.1, 0.15) is 95.7 Å². The standard InChI is InChI=1S/C30H44Si/c1-19-14-23(28(5,6)7)15-20(2)26(19)31(18-25(31)30(11,12)13)27-21(3)16-24(17-22(27)4)29(8,9)10/h14-18H,1-13H3. The van der Waals surface area contributed by atoms with E-state index in [-0.39, 0.29) is 16.2 Å². The number of allylic oxidation sites excluding steroid dienone is 1. The fourth-order valence-electron chi connectivity index (χ4n) is 5.56. The van der Waals surface area contributed by atoms with Gasteiger partial charge in [-0.3, -0.25) is 0 Å². The van der Waals surface area contributed by atoms with Gasteiger partial charge in [-0.15, -0.1) is 0 Å². The van der Waals surface area contributed by atoms with Crippen LogP contribution < -0.4 is 10.4 Å². The zero-order valence-corrected chi connectivity index (χ0v) is 23.4. The molecule has 1 aliphatic heterocycles. The largest absolute Gasteiger partial charge is 0.168 e. The maximum Gasteiger partial charge on any atom is 0.168 e. The Balaban J connectivity index is 2.32. The third-order valence-corrected chi connectivity index (χ3v) is 12.4. The Morgan fingerprint density at radius 2 is 0.774 bits per heavy atom. The molecule has 0 N–H and O–H groups in total. The van der Waals surface area contributed by atoms with E-state index in [9.17, 15) is 0 Å². The predicted molar refractivity (Wildman–Crippen MR) is 142 cm³/mol. The van der Waals surface area contributed by atoms with E-state index in [2.05, 4.69) is 120 Å². The second kappa shape index (κ2) is 7.20. The zero-order valence-electron chi connectivity index (χ0n) is 22.4. The van der Waals surface area contributed by atoms with Gasteiger partial charge in [0.1, 0.15) is 0 Å². The topological polar surface area (TPSA) is 0 Å². The van der Waals surface area contributed by atoms with Crippen molar-refractivity contribution in [1.29, 1.82) is 0 Å². The summed E-state index contributed by atoms with van der Waals surface area (Å²) in [6, 6.07) is 9.88. The van der Waals surface area contributed by atoms with Gasteiger partial charge in [0.2, 0.25) is 0 Å². The van der Waals surface area contributed by atoms with Crippen LogP contribution in [0.3, 0.4) is 0 Å². The van der Waals surface area contributed by atoms with Gasteiger partial charge in [0.05, 0.1) is 0 Å². The molecule has 0 spiro atoms. The molecule has 0 radical (unpaired) electrons. The molecule has 0 saturated heterocycles. The van der Waals surface area contributed by atoms with E-state index >= 15 is 0 Å². The molecule has 0 aliphatic carbocycles. The van der Waals surface area contributed by atoms with Crippen LogP contribution in [-0.4, -0.2) is 8.07 Å². The summed E-state index contributed by atoms with van der Waals surface area (Å²) in [5, 5.41) is 4.98. The molecule has 0 aromatic heterocycles. The van der Waals surface area contributed by atoms with Gasteiger partial charge in [-0.1, -0.05) is 120 Å². The number of hydrogen-bond acceptors (Lipinski definition) is 0. The highest BCUT2D eigenvalue weighted by molar-refractivity contribution is 7.19. The van der Waals surface area contributed by atoms with Crippen molar-refractivity contribution in [1.82, 2.24) is 0 Å². The van der Waals surface area contributed by atoms with E-state index in [1.165, 1.54) is 33.4 Å². The van der Waals surface area contributed by atoms with Crippen LogP contribution >= 0.6 is 0 Å². The fourth-order valence-corrected chi connectivity index (χ4v) is 11.8. The summed E-state index contributed by atoms with van der Waals surface area (Å²) < 4.78 is 0. The van der Waals surface area contributed by atoms with Crippen molar-refractivity contribution in [2.75, 3.05) is 0 Å². The van der Waals surface area contributed by atoms with Crippen molar-refractivity contribution < 1.29 is 0 Å². The quantitative estimate of drug-likeness (QED) is 0.442. The van der Waals surface area contributed by atoms with Gasteiger partial charge in [0.15, 0.2) is 8.07 Å². The van der Waals surface area contributed by atoms with Crippen molar-refractivity contribution in [2.45, 2.75) is 101 Å². The lowest BCUT2D eigenvalue weighted by Gasteiger charge is -2.33. The Labute approximate surface area is 193 Å². The second-order valence-corrected chi connectivity index (χ2v) is 16.5. The number of rotatable bonds is 2. The van der Waals surface area contributed by atoms with E-state index in [4.69, 9.17) is 0 Å². The van der Waals surface area contributed by atoms with E-state index < -0.39 is 8.07 Å². The maximum atomic E-state index is 2.70. The molecule has 0 unspecified atom stereocenters. The molecule has 31 heavy (non-hydrogen) atoms. The molecule has 2 aromatic rings.